The normalized spacial score (nSPS) is 11.6. The Morgan fingerprint density at radius 2 is 2.05 bits per heavy atom. The van der Waals surface area contributed by atoms with E-state index in [0.717, 1.165) is 0 Å². The second-order valence-corrected chi connectivity index (χ2v) is 4.96. The first-order valence-electron chi connectivity index (χ1n) is 6.13. The standard InChI is InChI=1S/C12H18N4O3/c1-7(2)5-16-11-9(10(17)14-12(16)18)13-8(6-19-4)15(11)3/h7H,5-6H2,1-4H3,(H,14,17,18). The number of methoxy groups -OCH3 is 1. The molecule has 1 N–H and O–H groups in total. The highest BCUT2D eigenvalue weighted by Crippen LogP contribution is 2.11. The molecule has 0 unspecified atom stereocenters. The van der Waals surface area contributed by atoms with Gasteiger partial charge in [-0.25, -0.2) is 9.78 Å². The highest BCUT2D eigenvalue weighted by Gasteiger charge is 2.16. The van der Waals surface area contributed by atoms with Gasteiger partial charge in [-0.15, -0.1) is 0 Å². The minimum absolute atomic E-state index is 0.273. The molecule has 0 saturated carbocycles. The molecular formula is C12H18N4O3. The van der Waals surface area contributed by atoms with Crippen LogP contribution in [0.2, 0.25) is 0 Å². The monoisotopic (exact) mass is 266 g/mol. The summed E-state index contributed by atoms with van der Waals surface area (Å²) in [5.74, 6) is 0.902. The van der Waals surface area contributed by atoms with Crippen molar-refractivity contribution >= 4 is 11.2 Å². The second kappa shape index (κ2) is 5.00. The minimum atomic E-state index is -0.460. The van der Waals surface area contributed by atoms with Gasteiger partial charge in [-0.1, -0.05) is 13.8 Å². The summed E-state index contributed by atoms with van der Waals surface area (Å²) in [6.45, 7) is 4.84. The number of nitrogens with one attached hydrogen (secondary N) is 1. The molecule has 7 heteroatoms. The Morgan fingerprint density at radius 3 is 2.63 bits per heavy atom. The van der Waals surface area contributed by atoms with Gasteiger partial charge in [0.2, 0.25) is 0 Å². The Kier molecular flexibility index (Phi) is 3.57. The van der Waals surface area contributed by atoms with Gasteiger partial charge in [0.15, 0.2) is 5.52 Å². The van der Waals surface area contributed by atoms with Crippen LogP contribution in [0.1, 0.15) is 19.7 Å². The molecule has 7 nitrogen and oxygen atoms in total. The Bertz CT molecular complexity index is 708. The molecule has 0 spiro atoms. The molecule has 0 aromatic carbocycles. The molecule has 2 aromatic rings. The number of H-pyrrole nitrogens is 1. The van der Waals surface area contributed by atoms with Crippen molar-refractivity contribution in [2.24, 2.45) is 13.0 Å². The molecule has 19 heavy (non-hydrogen) atoms. The smallest absolute Gasteiger partial charge is 0.330 e. The Morgan fingerprint density at radius 1 is 1.37 bits per heavy atom. The fourth-order valence-corrected chi connectivity index (χ4v) is 2.11. The maximum atomic E-state index is 11.9. The third-order valence-electron chi connectivity index (χ3n) is 2.92. The number of hydrogen-bond donors (Lipinski definition) is 1. The van der Waals surface area contributed by atoms with Gasteiger partial charge in [0.1, 0.15) is 18.1 Å². The van der Waals surface area contributed by atoms with E-state index < -0.39 is 11.2 Å². The van der Waals surface area contributed by atoms with Crippen molar-refractivity contribution in [2.75, 3.05) is 7.11 Å². The summed E-state index contributed by atoms with van der Waals surface area (Å²) in [5, 5.41) is 0. The first kappa shape index (κ1) is 13.5. The number of imidazole rings is 1. The molecule has 0 aliphatic carbocycles. The predicted octanol–water partition coefficient (Wildman–Crippen LogP) is 0.226. The largest absolute Gasteiger partial charge is 0.377 e. The Hall–Kier alpha value is -1.89. The SMILES string of the molecule is COCc1nc2c(=O)[nH]c(=O)n(CC(C)C)c2n1C. The zero-order chi connectivity index (χ0) is 14.2. The summed E-state index contributed by atoms with van der Waals surface area (Å²) in [7, 11) is 3.34. The summed E-state index contributed by atoms with van der Waals surface area (Å²) < 4.78 is 8.33. The molecule has 0 bridgehead atoms. The third-order valence-corrected chi connectivity index (χ3v) is 2.92. The van der Waals surface area contributed by atoms with E-state index in [2.05, 4.69) is 9.97 Å². The number of aromatic nitrogens is 4. The van der Waals surface area contributed by atoms with Crippen molar-refractivity contribution in [1.29, 1.82) is 0 Å². The van der Waals surface area contributed by atoms with E-state index in [1.165, 1.54) is 0 Å². The van der Waals surface area contributed by atoms with Gasteiger partial charge in [0.05, 0.1) is 0 Å². The van der Waals surface area contributed by atoms with E-state index in [4.69, 9.17) is 4.74 Å². The van der Waals surface area contributed by atoms with Crippen LogP contribution in [0.4, 0.5) is 0 Å². The number of fused-ring (bicyclic) bond motifs is 1. The van der Waals surface area contributed by atoms with Crippen LogP contribution < -0.4 is 11.2 Å². The highest BCUT2D eigenvalue weighted by molar-refractivity contribution is 5.70. The Labute approximate surface area is 109 Å². The molecule has 2 heterocycles. The van der Waals surface area contributed by atoms with Gasteiger partial charge in [-0.2, -0.15) is 0 Å². The molecule has 104 valence electrons. The van der Waals surface area contributed by atoms with Gasteiger partial charge >= 0.3 is 5.69 Å². The molecule has 2 rings (SSSR count). The quantitative estimate of drug-likeness (QED) is 0.858. The van der Waals surface area contributed by atoms with Crippen LogP contribution in [0.25, 0.3) is 11.2 Å². The lowest BCUT2D eigenvalue weighted by atomic mass is 10.2. The second-order valence-electron chi connectivity index (χ2n) is 4.96. The number of ether oxygens (including phenoxy) is 1. The van der Waals surface area contributed by atoms with E-state index in [0.29, 0.717) is 24.6 Å². The van der Waals surface area contributed by atoms with Crippen LogP contribution in [0.15, 0.2) is 9.59 Å². The zero-order valence-corrected chi connectivity index (χ0v) is 11.6. The number of rotatable bonds is 4. The molecule has 0 saturated heterocycles. The van der Waals surface area contributed by atoms with E-state index >= 15 is 0 Å². The summed E-state index contributed by atoms with van der Waals surface area (Å²) in [6, 6.07) is 0. The highest BCUT2D eigenvalue weighted by atomic mass is 16.5. The molecule has 0 radical (unpaired) electrons. The fraction of sp³-hybridized carbons (Fsp3) is 0.583. The van der Waals surface area contributed by atoms with Crippen molar-refractivity contribution in [2.45, 2.75) is 27.0 Å². The minimum Gasteiger partial charge on any atom is -0.377 e. The number of aromatic amines is 1. The maximum Gasteiger partial charge on any atom is 0.330 e. The van der Waals surface area contributed by atoms with Crippen LogP contribution in [0.5, 0.6) is 0 Å². The zero-order valence-electron chi connectivity index (χ0n) is 11.6. The van der Waals surface area contributed by atoms with Crippen LogP contribution in [-0.4, -0.2) is 26.2 Å². The van der Waals surface area contributed by atoms with Crippen LogP contribution >= 0.6 is 0 Å². The summed E-state index contributed by atoms with van der Waals surface area (Å²) in [6.07, 6.45) is 0. The van der Waals surface area contributed by atoms with Gasteiger partial charge in [0.25, 0.3) is 5.56 Å². The maximum absolute atomic E-state index is 11.9. The van der Waals surface area contributed by atoms with Gasteiger partial charge in [-0.05, 0) is 5.92 Å². The molecule has 0 fully saturated rings. The van der Waals surface area contributed by atoms with E-state index in [1.54, 1.807) is 23.3 Å². The van der Waals surface area contributed by atoms with Gasteiger partial charge in [0, 0.05) is 20.7 Å². The summed E-state index contributed by atoms with van der Waals surface area (Å²) >= 11 is 0. The van der Waals surface area contributed by atoms with Gasteiger partial charge in [-0.3, -0.25) is 14.3 Å². The van der Waals surface area contributed by atoms with Crippen molar-refractivity contribution < 1.29 is 4.74 Å². The molecule has 0 amide bonds. The first-order valence-corrected chi connectivity index (χ1v) is 6.13. The van der Waals surface area contributed by atoms with Gasteiger partial charge < -0.3 is 9.30 Å². The fourth-order valence-electron chi connectivity index (χ4n) is 2.11. The predicted molar refractivity (Wildman–Crippen MR) is 71.1 cm³/mol. The average Bonchev–Trinajstić information content (AvgIpc) is 2.64. The molecule has 0 aliphatic rings. The van der Waals surface area contributed by atoms with Crippen LogP contribution in [0.3, 0.4) is 0 Å². The van der Waals surface area contributed by atoms with Crippen LogP contribution in [-0.2, 0) is 24.9 Å². The van der Waals surface area contributed by atoms with Crippen molar-refractivity contribution in [3.63, 3.8) is 0 Å². The Balaban J connectivity index is 2.80. The van der Waals surface area contributed by atoms with Crippen molar-refractivity contribution in [3.05, 3.63) is 26.7 Å². The number of nitrogens with zero attached hydrogens (tertiary/aromatic N) is 3. The third kappa shape index (κ3) is 2.33. The summed E-state index contributed by atoms with van der Waals surface area (Å²) in [4.78, 5) is 30.3. The number of aryl methyl sites for hydroxylation is 1. The molecule has 0 atom stereocenters. The van der Waals surface area contributed by atoms with E-state index in [-0.39, 0.29) is 11.4 Å². The average molecular weight is 266 g/mol. The number of hydrogen-bond acceptors (Lipinski definition) is 4. The lowest BCUT2D eigenvalue weighted by molar-refractivity contribution is 0.175. The van der Waals surface area contributed by atoms with E-state index in [9.17, 15) is 9.59 Å². The lowest BCUT2D eigenvalue weighted by Gasteiger charge is -2.11. The molecular weight excluding hydrogens is 248 g/mol. The summed E-state index contributed by atoms with van der Waals surface area (Å²) in [5.41, 5.74) is -0.0552. The molecule has 2 aromatic heterocycles. The first-order chi connectivity index (χ1) is 8.95. The van der Waals surface area contributed by atoms with E-state index in [1.807, 2.05) is 13.8 Å². The van der Waals surface area contributed by atoms with Crippen LogP contribution in [0, 0.1) is 5.92 Å². The molecule has 0 aliphatic heterocycles. The topological polar surface area (TPSA) is 81.9 Å². The lowest BCUT2D eigenvalue weighted by Crippen LogP contribution is -2.32. The van der Waals surface area contributed by atoms with Crippen molar-refractivity contribution in [3.8, 4) is 0 Å². The van der Waals surface area contributed by atoms with Crippen molar-refractivity contribution in [1.82, 2.24) is 19.1 Å².